The van der Waals surface area contributed by atoms with E-state index >= 15 is 0 Å². The Morgan fingerprint density at radius 2 is 2.25 bits per heavy atom. The molecule has 0 fully saturated rings. The molecule has 0 unspecified atom stereocenters. The highest BCUT2D eigenvalue weighted by Gasteiger charge is 2.15. The largest absolute Gasteiger partial charge is 0.330 e. The van der Waals surface area contributed by atoms with Gasteiger partial charge in [-0.25, -0.2) is 0 Å². The minimum atomic E-state index is 0.00779. The van der Waals surface area contributed by atoms with Crippen molar-refractivity contribution in [2.75, 3.05) is 6.54 Å². The van der Waals surface area contributed by atoms with Crippen LogP contribution in [0.15, 0.2) is 23.0 Å². The fourth-order valence-corrected chi connectivity index (χ4v) is 3.03. The first-order valence-electron chi connectivity index (χ1n) is 6.50. The fraction of sp³-hybridized carbons (Fsp3) is 0.286. The highest BCUT2D eigenvalue weighted by Crippen LogP contribution is 2.24. The summed E-state index contributed by atoms with van der Waals surface area (Å²) in [5, 5.41) is 8.91. The first kappa shape index (κ1) is 13.6. The number of fused-ring (bicyclic) bond motifs is 3. The van der Waals surface area contributed by atoms with Crippen molar-refractivity contribution in [1.82, 2.24) is 14.8 Å². The third kappa shape index (κ3) is 2.03. The van der Waals surface area contributed by atoms with E-state index in [1.807, 2.05) is 23.6 Å². The predicted molar refractivity (Wildman–Crippen MR) is 89.0 cm³/mol. The normalized spacial score (nSPS) is 11.6. The molecule has 0 aliphatic carbocycles. The molecule has 0 atom stereocenters. The molecule has 3 aromatic rings. The molecule has 5 nitrogen and oxygen atoms in total. The van der Waals surface area contributed by atoms with E-state index in [4.69, 9.17) is 5.73 Å². The van der Waals surface area contributed by atoms with E-state index in [-0.39, 0.29) is 5.56 Å². The molecule has 2 aromatic heterocycles. The lowest BCUT2D eigenvalue weighted by Gasteiger charge is -2.11. The van der Waals surface area contributed by atoms with E-state index in [1.165, 1.54) is 0 Å². The van der Waals surface area contributed by atoms with Gasteiger partial charge in [0.25, 0.3) is 5.56 Å². The highest BCUT2D eigenvalue weighted by atomic mass is 127. The standard InChI is InChI=1S/C14H15IN4O/c1-8-12-13(18-17-8)10-7-9(15)3-4-11(10)19(14(12)20)6-2-5-16/h3-4,7H,2,5-6,16H2,1H3,(H,17,18). The van der Waals surface area contributed by atoms with E-state index in [0.29, 0.717) is 18.5 Å². The van der Waals surface area contributed by atoms with E-state index in [1.54, 1.807) is 0 Å². The Morgan fingerprint density at radius 1 is 1.45 bits per heavy atom. The molecule has 6 heteroatoms. The molecular weight excluding hydrogens is 367 g/mol. The first-order valence-corrected chi connectivity index (χ1v) is 7.58. The van der Waals surface area contributed by atoms with E-state index in [9.17, 15) is 4.79 Å². The molecule has 0 saturated heterocycles. The fourth-order valence-electron chi connectivity index (χ4n) is 2.53. The molecule has 2 heterocycles. The lowest BCUT2D eigenvalue weighted by molar-refractivity contribution is 0.654. The monoisotopic (exact) mass is 382 g/mol. The quantitative estimate of drug-likeness (QED) is 0.682. The number of rotatable bonds is 3. The molecule has 3 N–H and O–H groups in total. The Hall–Kier alpha value is -1.41. The number of nitrogens with one attached hydrogen (secondary N) is 1. The molecule has 0 aliphatic rings. The summed E-state index contributed by atoms with van der Waals surface area (Å²) in [6.45, 7) is 3.08. The van der Waals surface area contributed by atoms with Crippen LogP contribution in [-0.4, -0.2) is 21.3 Å². The number of H-pyrrole nitrogens is 1. The maximum Gasteiger partial charge on any atom is 0.262 e. The second-order valence-electron chi connectivity index (χ2n) is 4.83. The van der Waals surface area contributed by atoms with Crippen LogP contribution in [0, 0.1) is 10.5 Å². The van der Waals surface area contributed by atoms with Gasteiger partial charge < -0.3 is 10.3 Å². The molecule has 1 aromatic carbocycles. The molecule has 0 bridgehead atoms. The molecule has 0 saturated carbocycles. The maximum absolute atomic E-state index is 12.7. The van der Waals surface area contributed by atoms with Gasteiger partial charge in [0.1, 0.15) is 5.52 Å². The number of aromatic amines is 1. The first-order chi connectivity index (χ1) is 9.63. The van der Waals surface area contributed by atoms with Crippen molar-refractivity contribution in [3.63, 3.8) is 0 Å². The molecule has 3 rings (SSSR count). The van der Waals surface area contributed by atoms with Gasteiger partial charge in [0.05, 0.1) is 10.9 Å². The topological polar surface area (TPSA) is 76.7 Å². The summed E-state index contributed by atoms with van der Waals surface area (Å²) in [5.74, 6) is 0. The van der Waals surface area contributed by atoms with Crippen LogP contribution in [0.2, 0.25) is 0 Å². The summed E-state index contributed by atoms with van der Waals surface area (Å²) in [6, 6.07) is 6.06. The van der Waals surface area contributed by atoms with Crippen molar-refractivity contribution in [3.05, 3.63) is 37.8 Å². The van der Waals surface area contributed by atoms with Gasteiger partial charge in [-0.1, -0.05) is 0 Å². The van der Waals surface area contributed by atoms with Crippen LogP contribution in [0.1, 0.15) is 12.1 Å². The summed E-state index contributed by atoms with van der Waals surface area (Å²) in [7, 11) is 0. The molecule has 0 aliphatic heterocycles. The zero-order valence-corrected chi connectivity index (χ0v) is 13.3. The van der Waals surface area contributed by atoms with Crippen LogP contribution in [0.5, 0.6) is 0 Å². The molecule has 20 heavy (non-hydrogen) atoms. The summed E-state index contributed by atoms with van der Waals surface area (Å²) < 4.78 is 2.93. The number of aromatic nitrogens is 3. The number of hydrogen-bond acceptors (Lipinski definition) is 3. The van der Waals surface area contributed by atoms with Crippen molar-refractivity contribution in [2.24, 2.45) is 5.73 Å². The van der Waals surface area contributed by atoms with Crippen molar-refractivity contribution >= 4 is 44.4 Å². The van der Waals surface area contributed by atoms with Gasteiger partial charge in [-0.2, -0.15) is 5.10 Å². The van der Waals surface area contributed by atoms with E-state index in [2.05, 4.69) is 38.9 Å². The minimum Gasteiger partial charge on any atom is -0.330 e. The van der Waals surface area contributed by atoms with Crippen molar-refractivity contribution in [1.29, 1.82) is 0 Å². The number of benzene rings is 1. The Bertz CT molecular complexity index is 850. The highest BCUT2D eigenvalue weighted by molar-refractivity contribution is 14.1. The van der Waals surface area contributed by atoms with Gasteiger partial charge in [0.2, 0.25) is 0 Å². The van der Waals surface area contributed by atoms with Gasteiger partial charge in [-0.3, -0.25) is 9.89 Å². The zero-order valence-electron chi connectivity index (χ0n) is 11.1. The minimum absolute atomic E-state index is 0.00779. The van der Waals surface area contributed by atoms with Crippen LogP contribution in [0.3, 0.4) is 0 Å². The molecule has 0 amide bonds. The third-order valence-corrected chi connectivity index (χ3v) is 4.17. The Labute approximate surface area is 129 Å². The Morgan fingerprint density at radius 3 is 3.00 bits per heavy atom. The van der Waals surface area contributed by atoms with Gasteiger partial charge in [0, 0.05) is 21.2 Å². The van der Waals surface area contributed by atoms with Crippen LogP contribution >= 0.6 is 22.6 Å². The van der Waals surface area contributed by atoms with E-state index in [0.717, 1.165) is 32.1 Å². The van der Waals surface area contributed by atoms with Crippen LogP contribution in [0.4, 0.5) is 0 Å². The van der Waals surface area contributed by atoms with Gasteiger partial charge in [0.15, 0.2) is 0 Å². The lowest BCUT2D eigenvalue weighted by Crippen LogP contribution is -2.22. The van der Waals surface area contributed by atoms with Crippen LogP contribution in [0.25, 0.3) is 21.8 Å². The SMILES string of the molecule is Cc1[nH]nc2c1c(=O)n(CCCN)c1ccc(I)cc21. The Kier molecular flexibility index (Phi) is 3.51. The number of hydrogen-bond donors (Lipinski definition) is 2. The van der Waals surface area contributed by atoms with E-state index < -0.39 is 0 Å². The average molecular weight is 382 g/mol. The molecular formula is C14H15IN4O. The molecule has 0 radical (unpaired) electrons. The second-order valence-corrected chi connectivity index (χ2v) is 6.08. The van der Waals surface area contributed by atoms with Gasteiger partial charge in [-0.15, -0.1) is 0 Å². The maximum atomic E-state index is 12.7. The number of nitrogens with two attached hydrogens (primary N) is 1. The summed E-state index contributed by atoms with van der Waals surface area (Å²) in [6.07, 6.45) is 0.781. The second kappa shape index (κ2) is 5.17. The number of nitrogens with zero attached hydrogens (tertiary/aromatic N) is 2. The summed E-state index contributed by atoms with van der Waals surface area (Å²) in [5.41, 5.74) is 8.08. The zero-order chi connectivity index (χ0) is 14.3. The number of halogens is 1. The van der Waals surface area contributed by atoms with Gasteiger partial charge >= 0.3 is 0 Å². The van der Waals surface area contributed by atoms with Crippen LogP contribution in [-0.2, 0) is 6.54 Å². The van der Waals surface area contributed by atoms with Crippen LogP contribution < -0.4 is 11.3 Å². The van der Waals surface area contributed by atoms with Crippen molar-refractivity contribution in [3.8, 4) is 0 Å². The molecule has 0 spiro atoms. The van der Waals surface area contributed by atoms with Crippen molar-refractivity contribution in [2.45, 2.75) is 19.9 Å². The Balaban J connectivity index is 2.47. The summed E-state index contributed by atoms with van der Waals surface area (Å²) >= 11 is 2.27. The third-order valence-electron chi connectivity index (χ3n) is 3.50. The molecule has 104 valence electrons. The average Bonchev–Trinajstić information content (AvgIpc) is 2.82. The summed E-state index contributed by atoms with van der Waals surface area (Å²) in [4.78, 5) is 12.7. The predicted octanol–water partition coefficient (Wildman–Crippen LogP) is 2.14. The smallest absolute Gasteiger partial charge is 0.262 e. The van der Waals surface area contributed by atoms with Crippen molar-refractivity contribution < 1.29 is 0 Å². The lowest BCUT2D eigenvalue weighted by atomic mass is 10.1. The number of pyridine rings is 1. The number of aryl methyl sites for hydroxylation is 2. The van der Waals surface area contributed by atoms with Gasteiger partial charge in [-0.05, 0) is 60.7 Å².